The van der Waals surface area contributed by atoms with E-state index in [2.05, 4.69) is 26.1 Å². The quantitative estimate of drug-likeness (QED) is 0.405. The van der Waals surface area contributed by atoms with Crippen LogP contribution < -0.4 is 5.32 Å². The molecule has 1 unspecified atom stereocenters. The Morgan fingerprint density at radius 2 is 2.00 bits per heavy atom. The second-order valence-corrected chi connectivity index (χ2v) is 10.8. The molecule has 4 atom stereocenters. The Balaban J connectivity index is 1.82. The number of fused-ring (bicyclic) bond motifs is 1. The number of ether oxygens (including phenoxy) is 1. The van der Waals surface area contributed by atoms with Gasteiger partial charge in [-0.15, -0.1) is 0 Å². The fourth-order valence-corrected chi connectivity index (χ4v) is 6.40. The highest BCUT2D eigenvalue weighted by Gasteiger charge is 2.55. The second kappa shape index (κ2) is 9.84. The lowest BCUT2D eigenvalue weighted by Gasteiger charge is -2.55. The van der Waals surface area contributed by atoms with Gasteiger partial charge < -0.3 is 14.5 Å². The van der Waals surface area contributed by atoms with Gasteiger partial charge in [-0.25, -0.2) is 0 Å². The van der Waals surface area contributed by atoms with Crippen molar-refractivity contribution >= 4 is 11.9 Å². The van der Waals surface area contributed by atoms with Gasteiger partial charge in [0, 0.05) is 6.04 Å². The minimum absolute atomic E-state index is 0.0338. The predicted octanol–water partition coefficient (Wildman–Crippen LogP) is 5.84. The summed E-state index contributed by atoms with van der Waals surface area (Å²) in [5.41, 5.74) is 3.88. The monoisotopic (exact) mass is 443 g/mol. The number of furan rings is 1. The highest BCUT2D eigenvalue weighted by atomic mass is 16.5. The molecule has 5 heteroatoms. The van der Waals surface area contributed by atoms with Crippen molar-refractivity contribution in [3.63, 3.8) is 0 Å². The zero-order valence-electron chi connectivity index (χ0n) is 20.8. The summed E-state index contributed by atoms with van der Waals surface area (Å²) >= 11 is 0. The molecule has 0 radical (unpaired) electrons. The fourth-order valence-electron chi connectivity index (χ4n) is 6.40. The number of rotatable bonds is 8. The molecule has 2 aliphatic rings. The molecule has 1 amide bonds. The molecule has 1 heterocycles. The van der Waals surface area contributed by atoms with Crippen LogP contribution >= 0.6 is 0 Å². The van der Waals surface area contributed by atoms with Crippen LogP contribution in [0.2, 0.25) is 0 Å². The van der Waals surface area contributed by atoms with Crippen LogP contribution in [0.15, 0.2) is 34.2 Å². The molecule has 3 rings (SSSR count). The van der Waals surface area contributed by atoms with Crippen molar-refractivity contribution < 1.29 is 18.7 Å². The van der Waals surface area contributed by atoms with E-state index < -0.39 is 5.41 Å². The Labute approximate surface area is 193 Å². The van der Waals surface area contributed by atoms with Gasteiger partial charge in [0.1, 0.15) is 0 Å². The first-order chi connectivity index (χ1) is 15.1. The van der Waals surface area contributed by atoms with Crippen LogP contribution in [-0.2, 0) is 20.7 Å². The summed E-state index contributed by atoms with van der Waals surface area (Å²) in [5, 5.41) is 3.25. The van der Waals surface area contributed by atoms with Crippen LogP contribution in [0, 0.1) is 22.7 Å². The number of carbonyl (C=O) groups excluding carboxylic acids is 2. The van der Waals surface area contributed by atoms with E-state index in [1.165, 1.54) is 18.2 Å². The average molecular weight is 444 g/mol. The first kappa shape index (κ1) is 24.6. The summed E-state index contributed by atoms with van der Waals surface area (Å²) in [7, 11) is 1.40. The molecular formula is C27H41NO4. The minimum Gasteiger partial charge on any atom is -0.472 e. The van der Waals surface area contributed by atoms with Gasteiger partial charge in [0.2, 0.25) is 5.91 Å². The van der Waals surface area contributed by atoms with Gasteiger partial charge in [0.15, 0.2) is 0 Å². The predicted molar refractivity (Wildman–Crippen MR) is 126 cm³/mol. The Kier molecular flexibility index (Phi) is 7.57. The summed E-state index contributed by atoms with van der Waals surface area (Å²) < 4.78 is 10.1. The molecule has 1 N–H and O–H groups in total. The maximum Gasteiger partial charge on any atom is 0.307 e. The lowest BCUT2D eigenvalue weighted by molar-refractivity contribution is -0.144. The smallest absolute Gasteiger partial charge is 0.307 e. The van der Waals surface area contributed by atoms with Crippen molar-refractivity contribution in [2.24, 2.45) is 22.7 Å². The Morgan fingerprint density at radius 1 is 1.25 bits per heavy atom. The molecule has 0 aliphatic heterocycles. The van der Waals surface area contributed by atoms with Gasteiger partial charge in [-0.1, -0.05) is 45.3 Å². The molecule has 178 valence electrons. The van der Waals surface area contributed by atoms with Crippen molar-refractivity contribution in [2.45, 2.75) is 92.0 Å². The maximum absolute atomic E-state index is 13.7. The van der Waals surface area contributed by atoms with Gasteiger partial charge >= 0.3 is 5.97 Å². The molecule has 1 fully saturated rings. The Morgan fingerprint density at radius 3 is 2.62 bits per heavy atom. The second-order valence-electron chi connectivity index (χ2n) is 10.8. The number of aryl methyl sites for hydroxylation is 1. The van der Waals surface area contributed by atoms with Gasteiger partial charge in [-0.05, 0) is 74.3 Å². The van der Waals surface area contributed by atoms with E-state index in [0.29, 0.717) is 5.92 Å². The van der Waals surface area contributed by atoms with Crippen molar-refractivity contribution in [3.05, 3.63) is 35.3 Å². The molecule has 1 saturated carbocycles. The molecule has 0 spiro atoms. The summed E-state index contributed by atoms with van der Waals surface area (Å²) in [6.07, 6.45) is 11.0. The van der Waals surface area contributed by atoms with E-state index in [4.69, 9.17) is 9.15 Å². The van der Waals surface area contributed by atoms with Gasteiger partial charge in [-0.3, -0.25) is 9.59 Å². The fraction of sp³-hybridized carbons (Fsp3) is 0.704. The Bertz CT molecular complexity index is 840. The van der Waals surface area contributed by atoms with Crippen LogP contribution in [0.3, 0.4) is 0 Å². The average Bonchev–Trinajstić information content (AvgIpc) is 3.25. The van der Waals surface area contributed by atoms with Gasteiger partial charge in [0.25, 0.3) is 0 Å². The number of allylic oxidation sites excluding steroid dienone is 2. The van der Waals surface area contributed by atoms with Crippen LogP contribution in [0.4, 0.5) is 0 Å². The topological polar surface area (TPSA) is 68.5 Å². The number of hydrogen-bond acceptors (Lipinski definition) is 4. The highest BCUT2D eigenvalue weighted by Crippen LogP contribution is 2.60. The lowest BCUT2D eigenvalue weighted by Crippen LogP contribution is -2.56. The van der Waals surface area contributed by atoms with E-state index in [1.807, 2.05) is 26.2 Å². The molecule has 0 bridgehead atoms. The maximum atomic E-state index is 13.7. The SMILES string of the molecule is COC(=O)CC(NC(=O)[C@@]1(C)CCC[C@]2(C)C(CCc3ccoc3)=C(C)CC[C@@H]12)C(C)C. The molecule has 1 aromatic rings. The number of nitrogens with one attached hydrogen (secondary N) is 1. The molecular weight excluding hydrogens is 402 g/mol. The lowest BCUT2D eigenvalue weighted by atomic mass is 9.49. The number of esters is 1. The van der Waals surface area contributed by atoms with E-state index >= 15 is 0 Å². The van der Waals surface area contributed by atoms with Crippen LogP contribution in [0.1, 0.15) is 85.1 Å². The molecule has 0 aromatic carbocycles. The molecule has 1 aromatic heterocycles. The third-order valence-electron chi connectivity index (χ3n) is 8.44. The van der Waals surface area contributed by atoms with Crippen LogP contribution in [-0.4, -0.2) is 25.0 Å². The molecule has 32 heavy (non-hydrogen) atoms. The van der Waals surface area contributed by atoms with E-state index in [0.717, 1.165) is 44.9 Å². The van der Waals surface area contributed by atoms with E-state index in [9.17, 15) is 9.59 Å². The Hall–Kier alpha value is -2.04. The van der Waals surface area contributed by atoms with E-state index in [-0.39, 0.29) is 35.7 Å². The van der Waals surface area contributed by atoms with Crippen LogP contribution in [0.5, 0.6) is 0 Å². The minimum atomic E-state index is -0.433. The number of amides is 1. The molecule has 5 nitrogen and oxygen atoms in total. The third kappa shape index (κ3) is 4.82. The largest absolute Gasteiger partial charge is 0.472 e. The summed E-state index contributed by atoms with van der Waals surface area (Å²) in [4.78, 5) is 25.6. The highest BCUT2D eigenvalue weighted by molar-refractivity contribution is 5.84. The number of carbonyl (C=O) groups is 2. The zero-order valence-corrected chi connectivity index (χ0v) is 20.8. The van der Waals surface area contributed by atoms with Crippen LogP contribution in [0.25, 0.3) is 0 Å². The first-order valence-corrected chi connectivity index (χ1v) is 12.2. The van der Waals surface area contributed by atoms with Gasteiger partial charge in [0.05, 0.1) is 31.5 Å². The van der Waals surface area contributed by atoms with Crippen molar-refractivity contribution in [1.29, 1.82) is 0 Å². The van der Waals surface area contributed by atoms with Crippen molar-refractivity contribution in [3.8, 4) is 0 Å². The summed E-state index contributed by atoms with van der Waals surface area (Å²) in [6.45, 7) is 10.9. The van der Waals surface area contributed by atoms with E-state index in [1.54, 1.807) is 11.8 Å². The first-order valence-electron chi connectivity index (χ1n) is 12.2. The molecule has 2 aliphatic carbocycles. The van der Waals surface area contributed by atoms with Crippen molar-refractivity contribution in [1.82, 2.24) is 5.32 Å². The number of hydrogen-bond donors (Lipinski definition) is 1. The summed E-state index contributed by atoms with van der Waals surface area (Å²) in [6, 6.07) is 1.84. The standard InChI is InChI=1S/C27H41NO4/c1-18(2)22(16-24(29)31-6)28-25(30)27(5)14-7-13-26(4)21(19(3)8-11-23(26)27)10-9-20-12-15-32-17-20/h12,15,17-18,22-23H,7-11,13-14,16H2,1-6H3,(H,28,30)/t22?,23-,26-,27+/m1/s1. The third-order valence-corrected chi connectivity index (χ3v) is 8.44. The normalized spacial score (nSPS) is 28.9. The van der Waals surface area contributed by atoms with Crippen molar-refractivity contribution in [2.75, 3.05) is 7.11 Å². The molecule has 0 saturated heterocycles. The van der Waals surface area contributed by atoms with Gasteiger partial charge in [-0.2, -0.15) is 0 Å². The number of methoxy groups -OCH3 is 1. The summed E-state index contributed by atoms with van der Waals surface area (Å²) in [5.74, 6) is 0.290. The zero-order chi connectivity index (χ0) is 23.5.